The SMILES string of the molecule is Clc1cccc(-c2nc(Br)no2)c1. The number of hydrogen-bond donors (Lipinski definition) is 0. The lowest BCUT2D eigenvalue weighted by molar-refractivity contribution is 0.426. The molecule has 0 saturated heterocycles. The maximum absolute atomic E-state index is 5.80. The summed E-state index contributed by atoms with van der Waals surface area (Å²) in [5.41, 5.74) is 0.811. The normalized spacial score (nSPS) is 10.3. The number of hydrogen-bond acceptors (Lipinski definition) is 3. The van der Waals surface area contributed by atoms with E-state index in [0.717, 1.165) is 5.56 Å². The van der Waals surface area contributed by atoms with Gasteiger partial charge >= 0.3 is 0 Å². The summed E-state index contributed by atoms with van der Waals surface area (Å²) >= 11 is 8.90. The van der Waals surface area contributed by atoms with Crippen LogP contribution in [0.1, 0.15) is 0 Å². The Labute approximate surface area is 87.8 Å². The molecule has 2 aromatic rings. The maximum Gasteiger partial charge on any atom is 0.258 e. The first-order chi connectivity index (χ1) is 6.25. The summed E-state index contributed by atoms with van der Waals surface area (Å²) in [5.74, 6) is 0.453. The van der Waals surface area contributed by atoms with Crippen molar-refractivity contribution in [2.24, 2.45) is 0 Å². The molecule has 0 N–H and O–H groups in total. The summed E-state index contributed by atoms with van der Waals surface area (Å²) in [6.07, 6.45) is 0. The Bertz CT molecular complexity index is 430. The summed E-state index contributed by atoms with van der Waals surface area (Å²) in [7, 11) is 0. The van der Waals surface area contributed by atoms with Gasteiger partial charge in [-0.2, -0.15) is 4.98 Å². The molecule has 0 saturated carbocycles. The average molecular weight is 259 g/mol. The van der Waals surface area contributed by atoms with Gasteiger partial charge in [0.25, 0.3) is 5.89 Å². The molecule has 66 valence electrons. The molecular formula is C8H4BrClN2O. The van der Waals surface area contributed by atoms with Gasteiger partial charge in [-0.15, -0.1) is 0 Å². The quantitative estimate of drug-likeness (QED) is 0.790. The lowest BCUT2D eigenvalue weighted by Crippen LogP contribution is -1.76. The van der Waals surface area contributed by atoms with E-state index in [1.165, 1.54) is 0 Å². The third-order valence-electron chi connectivity index (χ3n) is 1.47. The van der Waals surface area contributed by atoms with Crippen LogP contribution in [0.4, 0.5) is 0 Å². The van der Waals surface area contributed by atoms with Crippen molar-refractivity contribution in [1.82, 2.24) is 10.1 Å². The molecule has 0 amide bonds. The molecule has 0 bridgehead atoms. The first-order valence-corrected chi connectivity index (χ1v) is 4.68. The summed E-state index contributed by atoms with van der Waals surface area (Å²) in [6.45, 7) is 0. The minimum atomic E-state index is 0.433. The lowest BCUT2D eigenvalue weighted by Gasteiger charge is -1.93. The van der Waals surface area contributed by atoms with E-state index in [1.54, 1.807) is 12.1 Å². The Hall–Kier alpha value is -0.870. The molecule has 0 aliphatic rings. The van der Waals surface area contributed by atoms with Gasteiger partial charge in [0.15, 0.2) is 0 Å². The van der Waals surface area contributed by atoms with E-state index in [1.807, 2.05) is 12.1 Å². The van der Waals surface area contributed by atoms with Crippen LogP contribution in [0.25, 0.3) is 11.5 Å². The zero-order valence-electron chi connectivity index (χ0n) is 6.37. The smallest absolute Gasteiger partial charge is 0.258 e. The third-order valence-corrected chi connectivity index (χ3v) is 2.03. The molecule has 0 spiro atoms. The average Bonchev–Trinajstić information content (AvgIpc) is 2.52. The largest absolute Gasteiger partial charge is 0.333 e. The first kappa shape index (κ1) is 8.72. The van der Waals surface area contributed by atoms with Crippen molar-refractivity contribution in [1.29, 1.82) is 0 Å². The number of aromatic nitrogens is 2. The Morgan fingerprint density at radius 1 is 1.38 bits per heavy atom. The summed E-state index contributed by atoms with van der Waals surface area (Å²) < 4.78 is 5.37. The van der Waals surface area contributed by atoms with Crippen LogP contribution < -0.4 is 0 Å². The van der Waals surface area contributed by atoms with Crippen LogP contribution >= 0.6 is 27.5 Å². The highest BCUT2D eigenvalue weighted by molar-refractivity contribution is 9.10. The van der Waals surface area contributed by atoms with Crippen LogP contribution in [0.5, 0.6) is 0 Å². The Kier molecular flexibility index (Phi) is 2.33. The van der Waals surface area contributed by atoms with Gasteiger partial charge in [0.05, 0.1) is 0 Å². The zero-order chi connectivity index (χ0) is 9.26. The molecule has 2 rings (SSSR count). The predicted octanol–water partition coefficient (Wildman–Crippen LogP) is 3.15. The van der Waals surface area contributed by atoms with Crippen molar-refractivity contribution < 1.29 is 4.52 Å². The van der Waals surface area contributed by atoms with E-state index in [0.29, 0.717) is 15.6 Å². The maximum atomic E-state index is 5.80. The van der Waals surface area contributed by atoms with E-state index in [4.69, 9.17) is 16.1 Å². The van der Waals surface area contributed by atoms with Gasteiger partial charge in [-0.3, -0.25) is 0 Å². The van der Waals surface area contributed by atoms with E-state index >= 15 is 0 Å². The topological polar surface area (TPSA) is 38.9 Å². The van der Waals surface area contributed by atoms with E-state index < -0.39 is 0 Å². The van der Waals surface area contributed by atoms with Crippen molar-refractivity contribution in [3.8, 4) is 11.5 Å². The first-order valence-electron chi connectivity index (χ1n) is 3.51. The highest BCUT2D eigenvalue weighted by atomic mass is 79.9. The van der Waals surface area contributed by atoms with Crippen molar-refractivity contribution in [3.63, 3.8) is 0 Å². The van der Waals surface area contributed by atoms with Crippen LogP contribution in [0.3, 0.4) is 0 Å². The van der Waals surface area contributed by atoms with Gasteiger partial charge in [-0.25, -0.2) is 0 Å². The van der Waals surface area contributed by atoms with E-state index in [2.05, 4.69) is 26.1 Å². The highest BCUT2D eigenvalue weighted by Crippen LogP contribution is 2.21. The fourth-order valence-electron chi connectivity index (χ4n) is 0.944. The second-order valence-electron chi connectivity index (χ2n) is 2.38. The second-order valence-corrected chi connectivity index (χ2v) is 3.52. The van der Waals surface area contributed by atoms with Crippen molar-refractivity contribution in [2.45, 2.75) is 0 Å². The molecule has 1 heterocycles. The van der Waals surface area contributed by atoms with Crippen LogP contribution in [0, 0.1) is 0 Å². The molecular weight excluding hydrogens is 255 g/mol. The molecule has 0 aliphatic carbocycles. The van der Waals surface area contributed by atoms with E-state index in [-0.39, 0.29) is 0 Å². The standard InChI is InChI=1S/C8H4BrClN2O/c9-8-11-7(13-12-8)5-2-1-3-6(10)4-5/h1-4H. The van der Waals surface area contributed by atoms with Gasteiger partial charge in [-0.1, -0.05) is 17.7 Å². The lowest BCUT2D eigenvalue weighted by atomic mass is 10.2. The molecule has 3 nitrogen and oxygen atoms in total. The summed E-state index contributed by atoms with van der Waals surface area (Å²) in [6, 6.07) is 7.24. The molecule has 0 unspecified atom stereocenters. The number of halogens is 2. The van der Waals surface area contributed by atoms with Crippen LogP contribution in [-0.2, 0) is 0 Å². The van der Waals surface area contributed by atoms with Gasteiger partial charge < -0.3 is 4.52 Å². The Balaban J connectivity index is 2.46. The third kappa shape index (κ3) is 1.89. The monoisotopic (exact) mass is 258 g/mol. The number of rotatable bonds is 1. The fraction of sp³-hybridized carbons (Fsp3) is 0. The van der Waals surface area contributed by atoms with Crippen LogP contribution in [0.2, 0.25) is 5.02 Å². The van der Waals surface area contributed by atoms with Crippen molar-refractivity contribution >= 4 is 27.5 Å². The minimum absolute atomic E-state index is 0.433. The number of benzene rings is 1. The summed E-state index contributed by atoms with van der Waals surface area (Å²) in [4.78, 5) is 4.00. The van der Waals surface area contributed by atoms with Crippen molar-refractivity contribution in [3.05, 3.63) is 34.0 Å². The zero-order valence-corrected chi connectivity index (χ0v) is 8.71. The molecule has 5 heteroatoms. The molecule has 1 aromatic carbocycles. The van der Waals surface area contributed by atoms with Crippen molar-refractivity contribution in [2.75, 3.05) is 0 Å². The molecule has 0 fully saturated rings. The number of nitrogens with zero attached hydrogens (tertiary/aromatic N) is 2. The second kappa shape index (κ2) is 3.47. The van der Waals surface area contributed by atoms with Gasteiger partial charge in [0.1, 0.15) is 0 Å². The van der Waals surface area contributed by atoms with Crippen LogP contribution in [0.15, 0.2) is 33.5 Å². The molecule has 0 radical (unpaired) electrons. The Morgan fingerprint density at radius 2 is 2.23 bits per heavy atom. The molecule has 1 aromatic heterocycles. The molecule has 13 heavy (non-hydrogen) atoms. The minimum Gasteiger partial charge on any atom is -0.333 e. The highest BCUT2D eigenvalue weighted by Gasteiger charge is 2.06. The fourth-order valence-corrected chi connectivity index (χ4v) is 1.37. The van der Waals surface area contributed by atoms with E-state index in [9.17, 15) is 0 Å². The summed E-state index contributed by atoms with van der Waals surface area (Å²) in [5, 5.41) is 4.26. The van der Waals surface area contributed by atoms with Gasteiger partial charge in [0.2, 0.25) is 4.73 Å². The molecule has 0 atom stereocenters. The van der Waals surface area contributed by atoms with Gasteiger partial charge in [-0.05, 0) is 39.3 Å². The van der Waals surface area contributed by atoms with Crippen LogP contribution in [-0.4, -0.2) is 10.1 Å². The molecule has 0 aliphatic heterocycles. The van der Waals surface area contributed by atoms with Gasteiger partial charge in [0, 0.05) is 10.6 Å². The Morgan fingerprint density at radius 3 is 2.85 bits per heavy atom. The predicted molar refractivity (Wildman–Crippen MR) is 52.4 cm³/mol.